The number of ether oxygens (including phenoxy) is 3. The summed E-state index contributed by atoms with van der Waals surface area (Å²) in [7, 11) is 0. The lowest BCUT2D eigenvalue weighted by molar-refractivity contribution is -0.157. The smallest absolute Gasteiger partial charge is 0.405 e. The Morgan fingerprint density at radius 1 is 1.00 bits per heavy atom. The van der Waals surface area contributed by atoms with Gasteiger partial charge in [0.1, 0.15) is 23.2 Å². The van der Waals surface area contributed by atoms with Gasteiger partial charge in [0, 0.05) is 30.9 Å². The number of nitrogens with one attached hydrogen (secondary N) is 1. The fraction of sp³-hybridized carbons (Fsp3) is 0.481. The van der Waals surface area contributed by atoms with Crippen LogP contribution in [0.3, 0.4) is 0 Å². The second kappa shape index (κ2) is 14.0. The molecule has 0 radical (unpaired) electrons. The normalized spacial score (nSPS) is 13.4. The molecule has 2 aromatic rings. The van der Waals surface area contributed by atoms with Crippen LogP contribution in [0, 0.1) is 5.82 Å². The number of carbonyl (C=O) groups is 2. The Labute approximate surface area is 216 Å². The summed E-state index contributed by atoms with van der Waals surface area (Å²) < 4.78 is 47.0. The molecular weight excluding hydrogens is 486 g/mol. The van der Waals surface area contributed by atoms with Crippen LogP contribution in [0.5, 0.6) is 5.75 Å². The summed E-state index contributed by atoms with van der Waals surface area (Å²) in [6, 6.07) is 10.2. The van der Waals surface area contributed by atoms with Crippen LogP contribution in [0.2, 0.25) is 0 Å². The molecule has 0 saturated heterocycles. The minimum absolute atomic E-state index is 0.180. The van der Waals surface area contributed by atoms with Gasteiger partial charge in [-0.1, -0.05) is 18.2 Å². The standard InChI is InChI=1S/C27H36F2N2O6/c1-6-35-23(36-7-2)17-31(25(29)20-10-8-9-11-21(20)28)16-22(30-26(33)34)24(32)18-12-14-19(15-13-18)37-27(3,4)5/h8-15,22-23,25,30H,6-7,16-17H2,1-5H3,(H,33,34). The van der Waals surface area contributed by atoms with Gasteiger partial charge in [0.05, 0.1) is 6.54 Å². The summed E-state index contributed by atoms with van der Waals surface area (Å²) in [4.78, 5) is 26.0. The van der Waals surface area contributed by atoms with E-state index in [-0.39, 0.29) is 30.9 Å². The van der Waals surface area contributed by atoms with Crippen LogP contribution in [0.1, 0.15) is 56.8 Å². The highest BCUT2D eigenvalue weighted by molar-refractivity contribution is 6.01. The molecule has 0 aromatic heterocycles. The van der Waals surface area contributed by atoms with Crippen LogP contribution in [0.15, 0.2) is 48.5 Å². The Hall–Kier alpha value is -3.08. The number of hydrogen-bond acceptors (Lipinski definition) is 6. The first-order valence-corrected chi connectivity index (χ1v) is 12.1. The van der Waals surface area contributed by atoms with Gasteiger partial charge in [-0.2, -0.15) is 0 Å². The first kappa shape index (κ1) is 30.1. The van der Waals surface area contributed by atoms with E-state index in [0.29, 0.717) is 5.75 Å². The second-order valence-electron chi connectivity index (χ2n) is 9.26. The van der Waals surface area contributed by atoms with Crippen LogP contribution < -0.4 is 10.1 Å². The van der Waals surface area contributed by atoms with E-state index in [1.165, 1.54) is 30.3 Å². The van der Waals surface area contributed by atoms with Crippen molar-refractivity contribution in [1.82, 2.24) is 10.2 Å². The van der Waals surface area contributed by atoms with Gasteiger partial charge < -0.3 is 24.6 Å². The molecule has 1 amide bonds. The van der Waals surface area contributed by atoms with Gasteiger partial charge in [-0.05, 0) is 65.0 Å². The van der Waals surface area contributed by atoms with Crippen molar-refractivity contribution >= 4 is 11.9 Å². The van der Waals surface area contributed by atoms with E-state index in [2.05, 4.69) is 5.32 Å². The van der Waals surface area contributed by atoms with Crippen molar-refractivity contribution < 1.29 is 37.7 Å². The number of ketones is 1. The first-order valence-electron chi connectivity index (χ1n) is 12.1. The van der Waals surface area contributed by atoms with Gasteiger partial charge in [-0.25, -0.2) is 13.6 Å². The van der Waals surface area contributed by atoms with Gasteiger partial charge in [0.2, 0.25) is 0 Å². The van der Waals surface area contributed by atoms with Gasteiger partial charge >= 0.3 is 6.09 Å². The third kappa shape index (κ3) is 9.71. The zero-order chi connectivity index (χ0) is 27.6. The van der Waals surface area contributed by atoms with Gasteiger partial charge in [-0.3, -0.25) is 9.69 Å². The lowest BCUT2D eigenvalue weighted by Crippen LogP contribution is -2.50. The van der Waals surface area contributed by atoms with E-state index >= 15 is 4.39 Å². The molecule has 0 fully saturated rings. The number of carbonyl (C=O) groups excluding carboxylic acids is 1. The molecule has 0 spiro atoms. The van der Waals surface area contributed by atoms with Crippen LogP contribution in [-0.2, 0) is 9.47 Å². The average Bonchev–Trinajstić information content (AvgIpc) is 2.82. The van der Waals surface area contributed by atoms with Gasteiger partial charge in [-0.15, -0.1) is 0 Å². The third-order valence-electron chi connectivity index (χ3n) is 5.17. The fourth-order valence-electron chi connectivity index (χ4n) is 3.66. The van der Waals surface area contributed by atoms with E-state index in [9.17, 15) is 19.1 Å². The number of amides is 1. The maximum Gasteiger partial charge on any atom is 0.405 e. The summed E-state index contributed by atoms with van der Waals surface area (Å²) >= 11 is 0. The third-order valence-corrected chi connectivity index (χ3v) is 5.17. The monoisotopic (exact) mass is 522 g/mol. The number of benzene rings is 2. The molecule has 2 aromatic carbocycles. The number of hydrogen-bond donors (Lipinski definition) is 2. The second-order valence-corrected chi connectivity index (χ2v) is 9.26. The molecule has 204 valence electrons. The molecule has 10 heteroatoms. The predicted octanol–water partition coefficient (Wildman–Crippen LogP) is 5.19. The van der Waals surface area contributed by atoms with E-state index in [4.69, 9.17) is 14.2 Å². The Morgan fingerprint density at radius 3 is 2.11 bits per heavy atom. The van der Waals surface area contributed by atoms with Crippen LogP contribution >= 0.6 is 0 Å². The zero-order valence-corrected chi connectivity index (χ0v) is 21.9. The minimum Gasteiger partial charge on any atom is -0.488 e. The molecule has 0 heterocycles. The number of Topliss-reactive ketones (excluding diaryl/α,β-unsaturated/α-hetero) is 1. The molecule has 0 bridgehead atoms. The molecule has 2 atom stereocenters. The van der Waals surface area contributed by atoms with Crippen molar-refractivity contribution in [2.75, 3.05) is 26.3 Å². The SMILES string of the molecule is CCOC(CN(CC(NC(=O)O)C(=O)c1ccc(OC(C)(C)C)cc1)C(F)c1ccccc1F)OCC. The van der Waals surface area contributed by atoms with Crippen molar-refractivity contribution in [3.05, 3.63) is 65.5 Å². The molecule has 0 saturated carbocycles. The summed E-state index contributed by atoms with van der Waals surface area (Å²) in [5.41, 5.74) is -0.494. The molecule has 2 rings (SSSR count). The van der Waals surface area contributed by atoms with Crippen molar-refractivity contribution in [2.45, 2.75) is 58.8 Å². The predicted molar refractivity (Wildman–Crippen MR) is 135 cm³/mol. The highest BCUT2D eigenvalue weighted by atomic mass is 19.1. The van der Waals surface area contributed by atoms with Crippen molar-refractivity contribution in [3.63, 3.8) is 0 Å². The largest absolute Gasteiger partial charge is 0.488 e. The maximum atomic E-state index is 15.7. The number of alkyl halides is 1. The molecule has 2 unspecified atom stereocenters. The molecule has 0 aliphatic heterocycles. The van der Waals surface area contributed by atoms with Crippen molar-refractivity contribution in [1.29, 1.82) is 0 Å². The highest BCUT2D eigenvalue weighted by Crippen LogP contribution is 2.26. The molecule has 0 aliphatic rings. The zero-order valence-electron chi connectivity index (χ0n) is 21.9. The van der Waals surface area contributed by atoms with Crippen molar-refractivity contribution in [2.24, 2.45) is 0 Å². The van der Waals surface area contributed by atoms with E-state index < -0.39 is 48.5 Å². The van der Waals surface area contributed by atoms with E-state index in [1.54, 1.807) is 26.0 Å². The van der Waals surface area contributed by atoms with Crippen LogP contribution in [-0.4, -0.2) is 66.1 Å². The first-order chi connectivity index (χ1) is 17.4. The minimum atomic E-state index is -2.00. The van der Waals surface area contributed by atoms with E-state index in [0.717, 1.165) is 11.0 Å². The topological polar surface area (TPSA) is 97.3 Å². The number of nitrogens with zero attached hydrogens (tertiary/aromatic N) is 1. The summed E-state index contributed by atoms with van der Waals surface area (Å²) in [5, 5.41) is 11.6. The summed E-state index contributed by atoms with van der Waals surface area (Å²) in [5.74, 6) is -0.819. The number of halogens is 2. The molecule has 0 aliphatic carbocycles. The Morgan fingerprint density at radius 2 is 1.59 bits per heavy atom. The molecule has 2 N–H and O–H groups in total. The average molecular weight is 523 g/mol. The Kier molecular flexibility index (Phi) is 11.4. The summed E-state index contributed by atoms with van der Waals surface area (Å²) in [6.45, 7) is 9.09. The van der Waals surface area contributed by atoms with Gasteiger partial charge in [0.25, 0.3) is 0 Å². The lowest BCUT2D eigenvalue weighted by atomic mass is 10.0. The van der Waals surface area contributed by atoms with Crippen LogP contribution in [0.25, 0.3) is 0 Å². The highest BCUT2D eigenvalue weighted by Gasteiger charge is 2.32. The summed E-state index contributed by atoms with van der Waals surface area (Å²) in [6.07, 6.45) is -4.34. The van der Waals surface area contributed by atoms with E-state index in [1.807, 2.05) is 20.8 Å². The maximum absolute atomic E-state index is 15.7. The Balaban J connectivity index is 2.37. The fourth-order valence-corrected chi connectivity index (χ4v) is 3.66. The quantitative estimate of drug-likeness (QED) is 0.200. The number of carboxylic acid groups (broad SMARTS) is 1. The van der Waals surface area contributed by atoms with Crippen LogP contribution in [0.4, 0.5) is 13.6 Å². The molecule has 8 nitrogen and oxygen atoms in total. The number of rotatable bonds is 14. The van der Waals surface area contributed by atoms with Crippen molar-refractivity contribution in [3.8, 4) is 5.75 Å². The lowest BCUT2D eigenvalue weighted by Gasteiger charge is -2.32. The Bertz CT molecular complexity index is 1010. The molecular formula is C27H36F2N2O6. The van der Waals surface area contributed by atoms with Gasteiger partial charge in [0.15, 0.2) is 18.4 Å². The molecule has 37 heavy (non-hydrogen) atoms.